The molecule has 0 atom stereocenters. The predicted octanol–water partition coefficient (Wildman–Crippen LogP) is 3.22. The minimum atomic E-state index is 0.158. The van der Waals surface area contributed by atoms with E-state index in [4.69, 9.17) is 5.11 Å². The number of benzene rings is 1. The van der Waals surface area contributed by atoms with Crippen LogP contribution in [0.4, 0.5) is 0 Å². The molecule has 3 heteroatoms. The van der Waals surface area contributed by atoms with Crippen molar-refractivity contribution in [3.8, 4) is 0 Å². The van der Waals surface area contributed by atoms with Gasteiger partial charge in [0.25, 0.3) is 0 Å². The molecule has 1 saturated carbocycles. The van der Waals surface area contributed by atoms with Crippen LogP contribution < -0.4 is 0 Å². The van der Waals surface area contributed by atoms with E-state index in [9.17, 15) is 0 Å². The van der Waals surface area contributed by atoms with Crippen molar-refractivity contribution < 1.29 is 5.11 Å². The zero-order chi connectivity index (χ0) is 13.2. The number of nitrogens with zero attached hydrogens (tertiary/aromatic N) is 2. The Kier molecular flexibility index (Phi) is 3.56. The molecule has 1 fully saturated rings. The van der Waals surface area contributed by atoms with Gasteiger partial charge in [-0.25, -0.2) is 4.98 Å². The van der Waals surface area contributed by atoms with Crippen LogP contribution in [0.15, 0.2) is 18.2 Å². The molecule has 0 bridgehead atoms. The summed E-state index contributed by atoms with van der Waals surface area (Å²) in [6.07, 6.45) is 6.50. The van der Waals surface area contributed by atoms with Crippen LogP contribution >= 0.6 is 0 Å². The van der Waals surface area contributed by atoms with Crippen LogP contribution in [0.1, 0.15) is 43.5 Å². The molecule has 19 heavy (non-hydrogen) atoms. The Morgan fingerprint density at radius 2 is 2.00 bits per heavy atom. The fraction of sp³-hybridized carbons (Fsp3) is 0.500. The van der Waals surface area contributed by atoms with Gasteiger partial charge in [0.15, 0.2) is 0 Å². The highest BCUT2D eigenvalue weighted by molar-refractivity contribution is 5.77. The molecule has 0 saturated heterocycles. The van der Waals surface area contributed by atoms with E-state index >= 15 is 0 Å². The van der Waals surface area contributed by atoms with Crippen molar-refractivity contribution in [3.05, 3.63) is 35.5 Å². The predicted molar refractivity (Wildman–Crippen MR) is 77.0 cm³/mol. The van der Waals surface area contributed by atoms with Gasteiger partial charge < -0.3 is 9.67 Å². The van der Waals surface area contributed by atoms with Crippen LogP contribution in [-0.4, -0.2) is 21.3 Å². The lowest BCUT2D eigenvalue weighted by Crippen LogP contribution is -2.06. The number of aliphatic hydroxyl groups is 1. The van der Waals surface area contributed by atoms with Gasteiger partial charge in [-0.3, -0.25) is 0 Å². The molecule has 3 rings (SSSR count). The summed E-state index contributed by atoms with van der Waals surface area (Å²) in [5.74, 6) is 2.57. The van der Waals surface area contributed by atoms with Crippen molar-refractivity contribution in [2.24, 2.45) is 0 Å². The van der Waals surface area contributed by atoms with Gasteiger partial charge in [0.2, 0.25) is 0 Å². The topological polar surface area (TPSA) is 38.0 Å². The molecule has 1 radical (unpaired) electrons. The van der Waals surface area contributed by atoms with E-state index in [1.165, 1.54) is 37.7 Å². The van der Waals surface area contributed by atoms with E-state index < -0.39 is 0 Å². The molecule has 2 aromatic rings. The molecule has 101 valence electrons. The second-order valence-corrected chi connectivity index (χ2v) is 5.40. The Labute approximate surface area is 114 Å². The summed E-state index contributed by atoms with van der Waals surface area (Å²) in [5, 5.41) is 9.13. The molecule has 1 aliphatic carbocycles. The number of hydrogen-bond donors (Lipinski definition) is 1. The number of rotatable bonds is 3. The molecule has 0 aliphatic heterocycles. The molecule has 1 aromatic heterocycles. The Hall–Kier alpha value is -1.35. The lowest BCUT2D eigenvalue weighted by molar-refractivity contribution is 0.276. The average Bonchev–Trinajstić information content (AvgIpc) is 2.76. The van der Waals surface area contributed by atoms with Gasteiger partial charge in [-0.15, -0.1) is 0 Å². The number of imidazole rings is 1. The van der Waals surface area contributed by atoms with Crippen LogP contribution in [0.3, 0.4) is 0 Å². The molecule has 1 N–H and O–H groups in total. The first-order chi connectivity index (χ1) is 9.29. The Morgan fingerprint density at radius 1 is 1.21 bits per heavy atom. The van der Waals surface area contributed by atoms with E-state index in [2.05, 4.69) is 27.8 Å². The summed E-state index contributed by atoms with van der Waals surface area (Å²) >= 11 is 0. The van der Waals surface area contributed by atoms with E-state index in [1.807, 2.05) is 6.92 Å². The summed E-state index contributed by atoms with van der Waals surface area (Å²) in [6.45, 7) is 2.78. The first-order valence-corrected chi connectivity index (χ1v) is 7.22. The van der Waals surface area contributed by atoms with E-state index in [-0.39, 0.29) is 6.61 Å². The van der Waals surface area contributed by atoms with Crippen LogP contribution in [0, 0.1) is 12.8 Å². The maximum Gasteiger partial charge on any atom is 0.106 e. The second kappa shape index (κ2) is 5.33. The fourth-order valence-electron chi connectivity index (χ4n) is 3.12. The number of hydrogen-bond acceptors (Lipinski definition) is 2. The third-order valence-electron chi connectivity index (χ3n) is 4.13. The SMILES string of the molecule is Cc1nc2cc([C]3CCCCC3)ccc2n1CCO. The standard InChI is InChI=1S/C16H21N2O/c1-12-17-15-11-14(13-5-3-2-4-6-13)7-8-16(15)18(12)9-10-19/h7-8,11,19H,2-6,9-10H2,1H3. The first-order valence-electron chi connectivity index (χ1n) is 7.22. The normalized spacial score (nSPS) is 17.2. The van der Waals surface area contributed by atoms with Crippen molar-refractivity contribution in [1.82, 2.24) is 9.55 Å². The van der Waals surface area contributed by atoms with E-state index in [0.717, 1.165) is 16.9 Å². The fourth-order valence-corrected chi connectivity index (χ4v) is 3.12. The van der Waals surface area contributed by atoms with E-state index in [1.54, 1.807) is 5.92 Å². The molecule has 3 nitrogen and oxygen atoms in total. The maximum atomic E-state index is 9.13. The zero-order valence-corrected chi connectivity index (χ0v) is 11.5. The highest BCUT2D eigenvalue weighted by atomic mass is 16.3. The average molecular weight is 257 g/mol. The highest BCUT2D eigenvalue weighted by Gasteiger charge is 2.17. The Balaban J connectivity index is 1.97. The largest absolute Gasteiger partial charge is 0.395 e. The van der Waals surface area contributed by atoms with Crippen molar-refractivity contribution >= 4 is 11.0 Å². The molecule has 1 aromatic carbocycles. The third-order valence-corrected chi connectivity index (χ3v) is 4.13. The zero-order valence-electron chi connectivity index (χ0n) is 11.5. The van der Waals surface area contributed by atoms with Crippen LogP contribution in [0.25, 0.3) is 11.0 Å². The third kappa shape index (κ3) is 2.39. The lowest BCUT2D eigenvalue weighted by Gasteiger charge is -2.21. The molecule has 0 amide bonds. The number of aryl methyl sites for hydroxylation is 1. The van der Waals surface area contributed by atoms with Gasteiger partial charge >= 0.3 is 0 Å². The van der Waals surface area contributed by atoms with Crippen LogP contribution in [0.5, 0.6) is 0 Å². The summed E-state index contributed by atoms with van der Waals surface area (Å²) in [6, 6.07) is 6.59. The van der Waals surface area contributed by atoms with Crippen molar-refractivity contribution in [1.29, 1.82) is 0 Å². The highest BCUT2D eigenvalue weighted by Crippen LogP contribution is 2.33. The smallest absolute Gasteiger partial charge is 0.106 e. The van der Waals surface area contributed by atoms with Crippen LogP contribution in [0.2, 0.25) is 0 Å². The molecule has 0 spiro atoms. The molecule has 1 heterocycles. The van der Waals surface area contributed by atoms with Crippen molar-refractivity contribution in [2.75, 3.05) is 6.61 Å². The summed E-state index contributed by atoms with van der Waals surface area (Å²) in [5.41, 5.74) is 3.55. The lowest BCUT2D eigenvalue weighted by atomic mass is 9.84. The van der Waals surface area contributed by atoms with Crippen molar-refractivity contribution in [2.45, 2.75) is 45.6 Å². The van der Waals surface area contributed by atoms with E-state index in [0.29, 0.717) is 6.54 Å². The molecule has 1 aliphatic rings. The van der Waals surface area contributed by atoms with Gasteiger partial charge in [0.1, 0.15) is 5.82 Å². The monoisotopic (exact) mass is 257 g/mol. The van der Waals surface area contributed by atoms with Gasteiger partial charge in [-0.2, -0.15) is 0 Å². The van der Waals surface area contributed by atoms with Crippen LogP contribution in [-0.2, 0) is 6.54 Å². The molecule has 0 unspecified atom stereocenters. The molecular formula is C16H21N2O. The van der Waals surface area contributed by atoms with Gasteiger partial charge in [-0.05, 0) is 37.5 Å². The minimum absolute atomic E-state index is 0.158. The quantitative estimate of drug-likeness (QED) is 0.916. The van der Waals surface area contributed by atoms with Gasteiger partial charge in [0, 0.05) is 12.5 Å². The number of aliphatic hydroxyl groups excluding tert-OH is 1. The maximum absolute atomic E-state index is 9.13. The van der Waals surface area contributed by atoms with Crippen molar-refractivity contribution in [3.63, 3.8) is 0 Å². The second-order valence-electron chi connectivity index (χ2n) is 5.40. The number of fused-ring (bicyclic) bond motifs is 1. The van der Waals surface area contributed by atoms with Gasteiger partial charge in [-0.1, -0.05) is 25.3 Å². The van der Waals surface area contributed by atoms with Gasteiger partial charge in [0.05, 0.1) is 17.6 Å². The first kappa shape index (κ1) is 12.7. The Bertz CT molecular complexity index is 567. The summed E-state index contributed by atoms with van der Waals surface area (Å²) < 4.78 is 2.09. The minimum Gasteiger partial charge on any atom is -0.395 e. The number of aromatic nitrogens is 2. The Morgan fingerprint density at radius 3 is 2.74 bits per heavy atom. The summed E-state index contributed by atoms with van der Waals surface area (Å²) in [7, 11) is 0. The molecular weight excluding hydrogens is 236 g/mol. The summed E-state index contributed by atoms with van der Waals surface area (Å²) in [4.78, 5) is 4.63.